The van der Waals surface area contributed by atoms with Gasteiger partial charge in [-0.2, -0.15) is 10.1 Å². The molecule has 1 amide bonds. The largest absolute Gasteiger partial charge is 0.371 e. The summed E-state index contributed by atoms with van der Waals surface area (Å²) in [5.74, 6) is 1.42. The van der Waals surface area contributed by atoms with Crippen molar-refractivity contribution in [1.82, 2.24) is 34.1 Å². The number of fused-ring (bicyclic) bond motifs is 2. The molecule has 0 unspecified atom stereocenters. The highest BCUT2D eigenvalue weighted by atomic mass is 16.2. The Balaban J connectivity index is 1.45. The van der Waals surface area contributed by atoms with Gasteiger partial charge in [-0.05, 0) is 31.0 Å². The Morgan fingerprint density at radius 1 is 1.10 bits per heavy atom. The lowest BCUT2D eigenvalue weighted by molar-refractivity contribution is -0.129. The van der Waals surface area contributed by atoms with Crippen molar-refractivity contribution in [1.29, 1.82) is 0 Å². The van der Waals surface area contributed by atoms with Crippen molar-refractivity contribution in [3.05, 3.63) is 36.8 Å². The van der Waals surface area contributed by atoms with Gasteiger partial charge < -0.3 is 15.5 Å². The summed E-state index contributed by atoms with van der Waals surface area (Å²) in [5.41, 5.74) is 3.42. The van der Waals surface area contributed by atoms with Crippen LogP contribution >= 0.6 is 0 Å². The molecule has 0 atom stereocenters. The normalized spacial score (nSPS) is 15.1. The number of piperidine rings is 1. The molecule has 1 saturated heterocycles. The van der Waals surface area contributed by atoms with E-state index in [4.69, 9.17) is 4.98 Å². The monoisotopic (exact) mass is 405 g/mol. The molecule has 1 aliphatic rings. The topological polar surface area (TPSA) is 105 Å². The number of nitrogens with zero attached hydrogens (tertiary/aromatic N) is 7. The molecule has 4 aromatic heterocycles. The van der Waals surface area contributed by atoms with Crippen molar-refractivity contribution < 1.29 is 4.79 Å². The van der Waals surface area contributed by atoms with E-state index in [1.54, 1.807) is 17.6 Å². The van der Waals surface area contributed by atoms with Gasteiger partial charge in [0.1, 0.15) is 5.52 Å². The van der Waals surface area contributed by atoms with E-state index >= 15 is 0 Å². The summed E-state index contributed by atoms with van der Waals surface area (Å²) in [6, 6.07) is 6.12. The molecule has 0 aliphatic carbocycles. The molecule has 30 heavy (non-hydrogen) atoms. The fourth-order valence-corrected chi connectivity index (χ4v) is 3.95. The molecule has 2 N–H and O–H groups in total. The fraction of sp³-hybridized carbons (Fsp3) is 0.350. The quantitative estimate of drug-likeness (QED) is 0.534. The Hall–Kier alpha value is -3.69. The number of likely N-dealkylation sites (tertiary alicyclic amines) is 1. The maximum absolute atomic E-state index is 11.5. The molecule has 0 spiro atoms. The Kier molecular flexibility index (Phi) is 4.46. The second kappa shape index (κ2) is 7.29. The van der Waals surface area contributed by atoms with E-state index in [2.05, 4.69) is 25.8 Å². The first-order valence-electron chi connectivity index (χ1n) is 10.0. The molecular weight excluding hydrogens is 382 g/mol. The number of carbonyl (C=O) groups is 1. The zero-order chi connectivity index (χ0) is 20.7. The molecule has 0 bridgehead atoms. The maximum atomic E-state index is 11.5. The van der Waals surface area contributed by atoms with Crippen molar-refractivity contribution in [3.63, 3.8) is 0 Å². The third-order valence-corrected chi connectivity index (χ3v) is 5.55. The lowest BCUT2D eigenvalue weighted by Crippen LogP contribution is -2.41. The minimum absolute atomic E-state index is 0.131. The maximum Gasteiger partial charge on any atom is 0.243 e. The predicted molar refractivity (Wildman–Crippen MR) is 113 cm³/mol. The highest BCUT2D eigenvalue weighted by Crippen LogP contribution is 2.29. The summed E-state index contributed by atoms with van der Waals surface area (Å²) in [6.45, 7) is 3.13. The minimum Gasteiger partial charge on any atom is -0.371 e. The van der Waals surface area contributed by atoms with Crippen LogP contribution in [0.2, 0.25) is 0 Å². The van der Waals surface area contributed by atoms with E-state index in [1.807, 2.05) is 47.1 Å². The summed E-state index contributed by atoms with van der Waals surface area (Å²) < 4.78 is 3.57. The molecule has 5 rings (SSSR count). The summed E-state index contributed by atoms with van der Waals surface area (Å²) in [5, 5.41) is 15.9. The number of imidazole rings is 1. The van der Waals surface area contributed by atoms with E-state index in [9.17, 15) is 4.79 Å². The summed E-state index contributed by atoms with van der Waals surface area (Å²) in [6.07, 6.45) is 7.22. The molecule has 1 aliphatic heterocycles. The smallest absolute Gasteiger partial charge is 0.243 e. The van der Waals surface area contributed by atoms with Crippen molar-refractivity contribution in [3.8, 4) is 11.3 Å². The summed E-state index contributed by atoms with van der Waals surface area (Å²) in [4.78, 5) is 22.4. The van der Waals surface area contributed by atoms with Gasteiger partial charge in [0.2, 0.25) is 11.9 Å². The summed E-state index contributed by atoms with van der Waals surface area (Å²) in [7, 11) is 1.85. The number of hydrogen-bond donors (Lipinski definition) is 2. The Morgan fingerprint density at radius 2 is 1.93 bits per heavy atom. The van der Waals surface area contributed by atoms with Crippen LogP contribution in [0.3, 0.4) is 0 Å². The van der Waals surface area contributed by atoms with E-state index < -0.39 is 0 Å². The predicted octanol–water partition coefficient (Wildman–Crippen LogP) is 1.90. The molecule has 0 radical (unpaired) electrons. The van der Waals surface area contributed by atoms with Crippen LogP contribution in [0.1, 0.15) is 19.8 Å². The van der Waals surface area contributed by atoms with Crippen molar-refractivity contribution in [2.75, 3.05) is 30.8 Å². The Bertz CT molecular complexity index is 1220. The molecule has 5 heterocycles. The minimum atomic E-state index is 0.131. The van der Waals surface area contributed by atoms with Crippen LogP contribution in [0.4, 0.5) is 11.8 Å². The Morgan fingerprint density at radius 3 is 2.70 bits per heavy atom. The molecule has 0 aromatic carbocycles. The fourth-order valence-electron chi connectivity index (χ4n) is 3.95. The summed E-state index contributed by atoms with van der Waals surface area (Å²) >= 11 is 0. The molecule has 4 aromatic rings. The first-order valence-corrected chi connectivity index (χ1v) is 10.0. The average Bonchev–Trinajstić information content (AvgIpc) is 3.39. The van der Waals surface area contributed by atoms with Crippen molar-refractivity contribution in [2.45, 2.75) is 25.8 Å². The molecule has 0 saturated carbocycles. The third kappa shape index (κ3) is 3.19. The highest BCUT2D eigenvalue weighted by Gasteiger charge is 2.22. The van der Waals surface area contributed by atoms with Gasteiger partial charge in [-0.25, -0.2) is 14.0 Å². The van der Waals surface area contributed by atoms with Gasteiger partial charge in [-0.1, -0.05) is 0 Å². The van der Waals surface area contributed by atoms with Gasteiger partial charge in [0.05, 0.1) is 5.69 Å². The zero-order valence-electron chi connectivity index (χ0n) is 16.9. The number of rotatable bonds is 4. The number of nitrogens with one attached hydrogen (secondary N) is 2. The number of amides is 1. The number of carbonyl (C=O) groups excluding carboxylic acids is 1. The molecule has 154 valence electrons. The van der Waals surface area contributed by atoms with Crippen LogP contribution in [-0.2, 0) is 4.79 Å². The highest BCUT2D eigenvalue weighted by molar-refractivity contribution is 5.87. The van der Waals surface area contributed by atoms with Gasteiger partial charge in [0, 0.05) is 57.3 Å². The van der Waals surface area contributed by atoms with E-state index in [1.165, 1.54) is 0 Å². The second-order valence-corrected chi connectivity index (χ2v) is 7.43. The van der Waals surface area contributed by atoms with Gasteiger partial charge in [-0.3, -0.25) is 4.79 Å². The van der Waals surface area contributed by atoms with E-state index in [0.717, 1.165) is 54.2 Å². The SMILES string of the molecule is CNc1nc(NC2CCN(C(C)=O)CC2)nn2ccc(-c3ccc4nccn4n3)c12. The molecule has 10 heteroatoms. The van der Waals surface area contributed by atoms with Crippen molar-refractivity contribution in [2.24, 2.45) is 0 Å². The molecule has 1 fully saturated rings. The lowest BCUT2D eigenvalue weighted by Gasteiger charge is -2.31. The van der Waals surface area contributed by atoms with Crippen molar-refractivity contribution >= 4 is 28.8 Å². The van der Waals surface area contributed by atoms with Crippen LogP contribution < -0.4 is 10.6 Å². The van der Waals surface area contributed by atoms with Gasteiger partial charge in [0.15, 0.2) is 11.5 Å². The van der Waals surface area contributed by atoms with Crippen LogP contribution in [-0.4, -0.2) is 66.2 Å². The average molecular weight is 405 g/mol. The number of aromatic nitrogens is 6. The first-order chi connectivity index (χ1) is 14.6. The molecule has 10 nitrogen and oxygen atoms in total. The van der Waals surface area contributed by atoms with Crippen LogP contribution in [0.15, 0.2) is 36.8 Å². The standard InChI is InChI=1S/C20H23N9O/c1-13(30)27-9-5-14(6-10-27)23-20-24-19(21-2)18-15(7-11-29(18)26-20)16-3-4-17-22-8-12-28(17)25-16/h3-4,7-8,11-12,14H,5-6,9-10H2,1-2H3,(H2,21,23,24,26). The zero-order valence-corrected chi connectivity index (χ0v) is 16.9. The van der Waals surface area contributed by atoms with Crippen LogP contribution in [0.25, 0.3) is 22.4 Å². The van der Waals surface area contributed by atoms with Crippen LogP contribution in [0, 0.1) is 0 Å². The number of anilines is 2. The second-order valence-electron chi connectivity index (χ2n) is 7.43. The molecular formula is C20H23N9O. The van der Waals surface area contributed by atoms with E-state index in [0.29, 0.717) is 5.95 Å². The Labute approximate surface area is 172 Å². The van der Waals surface area contributed by atoms with E-state index in [-0.39, 0.29) is 11.9 Å². The first kappa shape index (κ1) is 18.3. The number of hydrogen-bond acceptors (Lipinski definition) is 7. The lowest BCUT2D eigenvalue weighted by atomic mass is 10.1. The van der Waals surface area contributed by atoms with Gasteiger partial charge in [0.25, 0.3) is 0 Å². The van der Waals surface area contributed by atoms with Gasteiger partial charge >= 0.3 is 0 Å². The van der Waals surface area contributed by atoms with Crippen LogP contribution in [0.5, 0.6) is 0 Å². The van der Waals surface area contributed by atoms with Gasteiger partial charge in [-0.15, -0.1) is 5.10 Å². The third-order valence-electron chi connectivity index (χ3n) is 5.55.